The maximum absolute atomic E-state index is 6.28. The summed E-state index contributed by atoms with van der Waals surface area (Å²) in [6.07, 6.45) is 12.3. The van der Waals surface area contributed by atoms with Crippen molar-refractivity contribution in [1.82, 2.24) is 24.8 Å². The lowest BCUT2D eigenvalue weighted by atomic mass is 9.92. The van der Waals surface area contributed by atoms with Gasteiger partial charge in [-0.05, 0) is 87.1 Å². The van der Waals surface area contributed by atoms with Gasteiger partial charge in [-0.25, -0.2) is 15.0 Å². The minimum Gasteiger partial charge on any atom is -0.383 e. The zero-order valence-electron chi connectivity index (χ0n) is 23.6. The van der Waals surface area contributed by atoms with Crippen molar-refractivity contribution < 1.29 is 0 Å². The number of pyridine rings is 2. The molecule has 1 aliphatic carbocycles. The number of benzene rings is 1. The zero-order valence-corrected chi connectivity index (χ0v) is 23.6. The van der Waals surface area contributed by atoms with Crippen LogP contribution in [0, 0.1) is 0 Å². The molecule has 0 spiro atoms. The van der Waals surface area contributed by atoms with E-state index in [0.29, 0.717) is 17.9 Å². The summed E-state index contributed by atoms with van der Waals surface area (Å²) in [5.74, 6) is 1.16. The molecule has 1 saturated carbocycles. The van der Waals surface area contributed by atoms with E-state index in [2.05, 4.69) is 51.3 Å². The predicted octanol–water partition coefficient (Wildman–Crippen LogP) is 6.43. The Balaban J connectivity index is 0.00000172. The van der Waals surface area contributed by atoms with Crippen molar-refractivity contribution in [3.05, 3.63) is 84.2 Å². The van der Waals surface area contributed by atoms with Crippen molar-refractivity contribution in [1.29, 1.82) is 0 Å². The number of anilines is 1. The Labute approximate surface area is 232 Å². The summed E-state index contributed by atoms with van der Waals surface area (Å²) >= 11 is 0. The van der Waals surface area contributed by atoms with Gasteiger partial charge in [0, 0.05) is 30.5 Å². The molecule has 0 bridgehead atoms. The van der Waals surface area contributed by atoms with Crippen LogP contribution in [0.1, 0.15) is 64.6 Å². The average Bonchev–Trinajstić information content (AvgIpc) is 3.35. The van der Waals surface area contributed by atoms with Crippen LogP contribution in [-0.4, -0.2) is 31.6 Å². The van der Waals surface area contributed by atoms with Gasteiger partial charge in [-0.3, -0.25) is 4.57 Å². The number of nitrogens with two attached hydrogens (primary N) is 2. The quantitative estimate of drug-likeness (QED) is 0.241. The van der Waals surface area contributed by atoms with Crippen molar-refractivity contribution in [2.24, 2.45) is 5.73 Å². The maximum Gasteiger partial charge on any atom is 0.165 e. The molecule has 0 aliphatic heterocycles. The number of fused-ring (bicyclic) bond motifs is 1. The normalized spacial score (nSPS) is 17.8. The molecule has 7 heteroatoms. The second kappa shape index (κ2) is 13.3. The first-order valence-electron chi connectivity index (χ1n) is 14.1. The topological polar surface area (TPSA) is 108 Å². The Morgan fingerprint density at radius 3 is 2.41 bits per heavy atom. The summed E-state index contributed by atoms with van der Waals surface area (Å²) in [4.78, 5) is 14.3. The molecule has 4 aromatic rings. The van der Waals surface area contributed by atoms with E-state index in [-0.39, 0.29) is 0 Å². The van der Waals surface area contributed by atoms with Gasteiger partial charge in [0.15, 0.2) is 11.5 Å². The van der Waals surface area contributed by atoms with E-state index in [0.717, 1.165) is 71.7 Å². The first kappa shape index (κ1) is 28.2. The minimum absolute atomic E-state index is 0.362. The number of imidazole rings is 1. The van der Waals surface area contributed by atoms with Gasteiger partial charge in [0.2, 0.25) is 0 Å². The number of hydrogen-bond acceptors (Lipinski definition) is 6. The summed E-state index contributed by atoms with van der Waals surface area (Å²) in [6.45, 7) is 8.87. The van der Waals surface area contributed by atoms with E-state index in [1.165, 1.54) is 5.56 Å². The predicted molar refractivity (Wildman–Crippen MR) is 163 cm³/mol. The van der Waals surface area contributed by atoms with Crippen molar-refractivity contribution in [3.8, 4) is 17.1 Å². The van der Waals surface area contributed by atoms with Gasteiger partial charge in [0.25, 0.3) is 0 Å². The van der Waals surface area contributed by atoms with Gasteiger partial charge < -0.3 is 16.8 Å². The molecule has 3 aromatic heterocycles. The molecule has 0 saturated heterocycles. The minimum atomic E-state index is 0.362. The van der Waals surface area contributed by atoms with Gasteiger partial charge in [0.05, 0.1) is 11.3 Å². The fourth-order valence-electron chi connectivity index (χ4n) is 5.01. The van der Waals surface area contributed by atoms with Gasteiger partial charge >= 0.3 is 0 Å². The molecule has 0 unspecified atom stereocenters. The number of nitrogen functional groups attached to an aromatic ring is 1. The van der Waals surface area contributed by atoms with Crippen LogP contribution in [0.3, 0.4) is 0 Å². The van der Waals surface area contributed by atoms with Crippen LogP contribution in [-0.2, 0) is 6.54 Å². The smallest absolute Gasteiger partial charge is 0.165 e. The lowest BCUT2D eigenvalue weighted by Crippen LogP contribution is -2.37. The Kier molecular flexibility index (Phi) is 9.63. The molecule has 204 valence electrons. The van der Waals surface area contributed by atoms with Crippen molar-refractivity contribution in [2.45, 2.75) is 72.0 Å². The summed E-state index contributed by atoms with van der Waals surface area (Å²) in [5.41, 5.74) is 18.9. The van der Waals surface area contributed by atoms with E-state index < -0.39 is 0 Å². The molecule has 0 radical (unpaired) electrons. The number of hydrogen-bond donors (Lipinski definition) is 3. The third kappa shape index (κ3) is 6.44. The highest BCUT2D eigenvalue weighted by molar-refractivity contribution is 5.85. The second-order valence-electron chi connectivity index (χ2n) is 9.65. The third-order valence-corrected chi connectivity index (χ3v) is 7.10. The molecule has 5 N–H and O–H groups in total. The summed E-state index contributed by atoms with van der Waals surface area (Å²) in [7, 11) is 0. The lowest BCUT2D eigenvalue weighted by molar-refractivity contribution is 0.342. The molecule has 0 amide bonds. The van der Waals surface area contributed by atoms with E-state index in [1.807, 2.05) is 58.0 Å². The molecular weight excluding hydrogens is 482 g/mol. The highest BCUT2D eigenvalue weighted by atomic mass is 15.1. The maximum atomic E-state index is 6.28. The fourth-order valence-corrected chi connectivity index (χ4v) is 5.01. The van der Waals surface area contributed by atoms with Crippen LogP contribution in [0.2, 0.25) is 0 Å². The van der Waals surface area contributed by atoms with E-state index in [1.54, 1.807) is 6.20 Å². The number of aromatic nitrogens is 4. The Bertz CT molecular complexity index is 1420. The highest BCUT2D eigenvalue weighted by Gasteiger charge is 2.20. The Morgan fingerprint density at radius 1 is 1.00 bits per heavy atom. The monoisotopic (exact) mass is 523 g/mol. The second-order valence-corrected chi connectivity index (χ2v) is 9.65. The van der Waals surface area contributed by atoms with Crippen LogP contribution in [0.15, 0.2) is 73.0 Å². The molecule has 1 fully saturated rings. The summed E-state index contributed by atoms with van der Waals surface area (Å²) in [6, 6.07) is 17.4. The van der Waals surface area contributed by atoms with Gasteiger partial charge in [0.1, 0.15) is 11.3 Å². The third-order valence-electron chi connectivity index (χ3n) is 7.10. The molecule has 0 atom stereocenters. The first-order chi connectivity index (χ1) is 19.1. The van der Waals surface area contributed by atoms with Crippen LogP contribution in [0.5, 0.6) is 0 Å². The molecule has 5 rings (SSSR count). The largest absolute Gasteiger partial charge is 0.383 e. The number of nitrogens with zero attached hydrogens (tertiary/aromatic N) is 4. The standard InChI is InChI=1S/C30H35N7.C2H6/c1-3-6-21(4-2)26-16-17-27-30(35-26)37(29(36-27)25-7-5-18-33-28(25)32)24-14-8-20(9-15-24)19-34-23-12-10-22(31)11-13-23;1-2/h3-9,14-18,22-23,34H,10-13,19,31H2,1-2H3,(H2,32,33);1-2H3/b6-3-,21-4+;. The molecule has 3 heterocycles. The number of nitrogens with one attached hydrogen (secondary N) is 1. The summed E-state index contributed by atoms with van der Waals surface area (Å²) in [5, 5.41) is 3.70. The van der Waals surface area contributed by atoms with Crippen molar-refractivity contribution >= 4 is 22.6 Å². The lowest BCUT2D eigenvalue weighted by Gasteiger charge is -2.27. The molecular formula is C32H41N7. The molecule has 1 aliphatic rings. The SMILES string of the molecule is C/C=C\C(=C/C)c1ccc2nc(-c3cccnc3N)n(-c3ccc(CNC4CCC(N)CC4)cc3)c2n1.CC. The van der Waals surface area contributed by atoms with E-state index in [9.17, 15) is 0 Å². The first-order valence-corrected chi connectivity index (χ1v) is 14.1. The van der Waals surface area contributed by atoms with Gasteiger partial charge in [-0.2, -0.15) is 0 Å². The Hall–Kier alpha value is -3.81. The van der Waals surface area contributed by atoms with Crippen molar-refractivity contribution in [2.75, 3.05) is 5.73 Å². The van der Waals surface area contributed by atoms with Crippen LogP contribution in [0.25, 0.3) is 33.8 Å². The highest BCUT2D eigenvalue weighted by Crippen LogP contribution is 2.31. The van der Waals surface area contributed by atoms with E-state index in [4.69, 9.17) is 21.4 Å². The fraction of sp³-hybridized carbons (Fsp3) is 0.344. The zero-order chi connectivity index (χ0) is 27.8. The summed E-state index contributed by atoms with van der Waals surface area (Å²) < 4.78 is 2.08. The average molecular weight is 524 g/mol. The van der Waals surface area contributed by atoms with Crippen molar-refractivity contribution in [3.63, 3.8) is 0 Å². The van der Waals surface area contributed by atoms with Crippen LogP contribution in [0.4, 0.5) is 5.82 Å². The van der Waals surface area contributed by atoms with Crippen LogP contribution >= 0.6 is 0 Å². The molecule has 7 nitrogen and oxygen atoms in total. The number of allylic oxidation sites excluding steroid dienone is 4. The van der Waals surface area contributed by atoms with Gasteiger partial charge in [-0.1, -0.05) is 44.2 Å². The molecule has 39 heavy (non-hydrogen) atoms. The number of rotatable bonds is 7. The van der Waals surface area contributed by atoms with Gasteiger partial charge in [-0.15, -0.1) is 0 Å². The molecule has 1 aromatic carbocycles. The van der Waals surface area contributed by atoms with Crippen LogP contribution < -0.4 is 16.8 Å². The van der Waals surface area contributed by atoms with E-state index >= 15 is 0 Å². The Morgan fingerprint density at radius 2 is 1.74 bits per heavy atom.